The predicted molar refractivity (Wildman–Crippen MR) is 127 cm³/mol. The standard InChI is InChI=1S/C22H24BrN3O5S/c1-22(2,3)15-8-9-17(16(23)11-15)31-12-18(27)25-26-21(32)24-19(28)13-6-5-7-14(10-13)20(29)30-4/h5-11H,12H2,1-4H3,(H,25,27)(H2,24,26,28,32). The Kier molecular flexibility index (Phi) is 8.73. The molecule has 2 rings (SSSR count). The van der Waals surface area contributed by atoms with E-state index >= 15 is 0 Å². The van der Waals surface area contributed by atoms with E-state index in [1.165, 1.54) is 25.3 Å². The Labute approximate surface area is 200 Å². The summed E-state index contributed by atoms with van der Waals surface area (Å²) in [6.45, 7) is 6.04. The van der Waals surface area contributed by atoms with Crippen molar-refractivity contribution in [1.29, 1.82) is 0 Å². The van der Waals surface area contributed by atoms with Gasteiger partial charge in [0.25, 0.3) is 11.8 Å². The fourth-order valence-corrected chi connectivity index (χ4v) is 3.14. The first-order valence-electron chi connectivity index (χ1n) is 9.52. The van der Waals surface area contributed by atoms with Crippen LogP contribution in [0.2, 0.25) is 0 Å². The molecule has 0 aliphatic carbocycles. The van der Waals surface area contributed by atoms with Crippen LogP contribution in [0.3, 0.4) is 0 Å². The largest absolute Gasteiger partial charge is 0.483 e. The van der Waals surface area contributed by atoms with E-state index in [9.17, 15) is 14.4 Å². The summed E-state index contributed by atoms with van der Waals surface area (Å²) in [4.78, 5) is 35.9. The molecule has 0 bridgehead atoms. The van der Waals surface area contributed by atoms with Crippen LogP contribution < -0.4 is 20.9 Å². The Morgan fingerprint density at radius 2 is 1.72 bits per heavy atom. The highest BCUT2D eigenvalue weighted by Gasteiger charge is 2.16. The first kappa shape index (κ1) is 25.3. The molecule has 0 aliphatic rings. The fourth-order valence-electron chi connectivity index (χ4n) is 2.50. The van der Waals surface area contributed by atoms with Gasteiger partial charge < -0.3 is 9.47 Å². The zero-order chi connectivity index (χ0) is 23.9. The van der Waals surface area contributed by atoms with Crippen molar-refractivity contribution >= 4 is 51.0 Å². The number of hydrazine groups is 1. The van der Waals surface area contributed by atoms with E-state index < -0.39 is 17.8 Å². The third-order valence-electron chi connectivity index (χ3n) is 4.25. The van der Waals surface area contributed by atoms with Crippen molar-refractivity contribution in [3.05, 3.63) is 63.6 Å². The molecule has 10 heteroatoms. The number of amides is 2. The third-order valence-corrected chi connectivity index (χ3v) is 5.07. The van der Waals surface area contributed by atoms with E-state index in [4.69, 9.17) is 17.0 Å². The molecule has 0 unspecified atom stereocenters. The van der Waals surface area contributed by atoms with Crippen LogP contribution >= 0.6 is 28.1 Å². The first-order valence-corrected chi connectivity index (χ1v) is 10.7. The molecule has 32 heavy (non-hydrogen) atoms. The Morgan fingerprint density at radius 1 is 1.03 bits per heavy atom. The van der Waals surface area contributed by atoms with E-state index in [0.29, 0.717) is 5.75 Å². The third kappa shape index (κ3) is 7.31. The lowest BCUT2D eigenvalue weighted by Crippen LogP contribution is -2.49. The van der Waals surface area contributed by atoms with Crippen LogP contribution in [0.5, 0.6) is 5.75 Å². The van der Waals surface area contributed by atoms with E-state index in [1.54, 1.807) is 12.1 Å². The molecule has 0 heterocycles. The van der Waals surface area contributed by atoms with Crippen molar-refractivity contribution in [2.24, 2.45) is 0 Å². The fraction of sp³-hybridized carbons (Fsp3) is 0.273. The molecule has 0 fully saturated rings. The van der Waals surface area contributed by atoms with Crippen molar-refractivity contribution < 1.29 is 23.9 Å². The van der Waals surface area contributed by atoms with E-state index in [1.807, 2.05) is 12.1 Å². The van der Waals surface area contributed by atoms with Crippen LogP contribution in [-0.4, -0.2) is 36.6 Å². The molecule has 2 amide bonds. The molecule has 0 radical (unpaired) electrons. The quantitative estimate of drug-likeness (QED) is 0.315. The predicted octanol–water partition coefficient (Wildman–Crippen LogP) is 3.25. The highest BCUT2D eigenvalue weighted by molar-refractivity contribution is 9.10. The number of carbonyl (C=O) groups is 3. The SMILES string of the molecule is COC(=O)c1cccc(C(=O)NC(=S)NNC(=O)COc2ccc(C(C)(C)C)cc2Br)c1. The highest BCUT2D eigenvalue weighted by atomic mass is 79.9. The summed E-state index contributed by atoms with van der Waals surface area (Å²) in [5, 5.41) is 2.28. The van der Waals surface area contributed by atoms with Gasteiger partial charge in [-0.2, -0.15) is 0 Å². The van der Waals surface area contributed by atoms with Gasteiger partial charge in [0.2, 0.25) is 0 Å². The number of nitrogens with one attached hydrogen (secondary N) is 3. The second-order valence-corrected chi connectivity index (χ2v) is 8.98. The van der Waals surface area contributed by atoms with Gasteiger partial charge in [-0.25, -0.2) is 4.79 Å². The minimum absolute atomic E-state index is 0.0108. The highest BCUT2D eigenvalue weighted by Crippen LogP contribution is 2.31. The number of esters is 1. The topological polar surface area (TPSA) is 106 Å². The smallest absolute Gasteiger partial charge is 0.337 e. The van der Waals surface area contributed by atoms with Crippen LogP contribution in [0.15, 0.2) is 46.9 Å². The maximum atomic E-state index is 12.3. The summed E-state index contributed by atoms with van der Waals surface area (Å²) in [5.41, 5.74) is 6.32. The lowest BCUT2D eigenvalue weighted by molar-refractivity contribution is -0.123. The van der Waals surface area contributed by atoms with E-state index in [-0.39, 0.29) is 28.3 Å². The summed E-state index contributed by atoms with van der Waals surface area (Å²) in [7, 11) is 1.25. The summed E-state index contributed by atoms with van der Waals surface area (Å²) in [5.74, 6) is -1.09. The average Bonchev–Trinajstić information content (AvgIpc) is 2.75. The van der Waals surface area contributed by atoms with E-state index in [0.717, 1.165) is 10.0 Å². The Bertz CT molecular complexity index is 1040. The van der Waals surface area contributed by atoms with Gasteiger partial charge in [-0.15, -0.1) is 0 Å². The van der Waals surface area contributed by atoms with Gasteiger partial charge in [0.15, 0.2) is 11.7 Å². The monoisotopic (exact) mass is 521 g/mol. The maximum Gasteiger partial charge on any atom is 0.337 e. The Morgan fingerprint density at radius 3 is 2.34 bits per heavy atom. The van der Waals surface area contributed by atoms with Gasteiger partial charge in [-0.1, -0.05) is 32.9 Å². The number of thiocarbonyl (C=S) groups is 1. The summed E-state index contributed by atoms with van der Waals surface area (Å²) < 4.78 is 10.9. The van der Waals surface area contributed by atoms with Crippen molar-refractivity contribution in [2.75, 3.05) is 13.7 Å². The van der Waals surface area contributed by atoms with Crippen LogP contribution in [0.4, 0.5) is 0 Å². The number of rotatable bonds is 5. The second-order valence-electron chi connectivity index (χ2n) is 7.71. The average molecular weight is 522 g/mol. The van der Waals surface area contributed by atoms with Gasteiger partial charge in [0, 0.05) is 5.56 Å². The molecule has 2 aromatic carbocycles. The van der Waals surface area contributed by atoms with Crippen LogP contribution in [-0.2, 0) is 14.9 Å². The minimum atomic E-state index is -0.563. The molecule has 0 aromatic heterocycles. The first-order chi connectivity index (χ1) is 15.0. The maximum absolute atomic E-state index is 12.3. The number of benzene rings is 2. The van der Waals surface area contributed by atoms with Crippen molar-refractivity contribution in [3.8, 4) is 5.75 Å². The molecule has 3 N–H and O–H groups in total. The van der Waals surface area contributed by atoms with Gasteiger partial charge in [-0.05, 0) is 69.5 Å². The molecule has 170 valence electrons. The summed E-state index contributed by atoms with van der Waals surface area (Å²) >= 11 is 8.46. The normalized spacial score (nSPS) is 10.7. The molecule has 0 spiro atoms. The molecule has 0 aliphatic heterocycles. The zero-order valence-electron chi connectivity index (χ0n) is 18.1. The van der Waals surface area contributed by atoms with Gasteiger partial charge in [-0.3, -0.25) is 25.8 Å². The number of methoxy groups -OCH3 is 1. The summed E-state index contributed by atoms with van der Waals surface area (Å²) in [6.07, 6.45) is 0. The number of halogens is 1. The number of ether oxygens (including phenoxy) is 2. The molecule has 0 saturated carbocycles. The molecule has 8 nitrogen and oxygen atoms in total. The van der Waals surface area contributed by atoms with Gasteiger partial charge in [0.1, 0.15) is 5.75 Å². The number of hydrogen-bond donors (Lipinski definition) is 3. The molecular weight excluding hydrogens is 498 g/mol. The van der Waals surface area contributed by atoms with E-state index in [2.05, 4.69) is 57.6 Å². The molecular formula is C22H24BrN3O5S. The summed E-state index contributed by atoms with van der Waals surface area (Å²) in [6, 6.07) is 11.6. The van der Waals surface area contributed by atoms with Crippen molar-refractivity contribution in [2.45, 2.75) is 26.2 Å². The van der Waals surface area contributed by atoms with Gasteiger partial charge in [0.05, 0.1) is 17.1 Å². The van der Waals surface area contributed by atoms with Crippen molar-refractivity contribution in [3.63, 3.8) is 0 Å². The molecule has 2 aromatic rings. The molecule has 0 saturated heterocycles. The number of carbonyl (C=O) groups excluding carboxylic acids is 3. The number of hydrogen-bond acceptors (Lipinski definition) is 6. The Balaban J connectivity index is 1.83. The van der Waals surface area contributed by atoms with Gasteiger partial charge >= 0.3 is 5.97 Å². The van der Waals surface area contributed by atoms with Crippen molar-refractivity contribution in [1.82, 2.24) is 16.2 Å². The Hall–Kier alpha value is -2.98. The lowest BCUT2D eigenvalue weighted by atomic mass is 9.87. The molecule has 0 atom stereocenters. The minimum Gasteiger partial charge on any atom is -0.483 e. The van der Waals surface area contributed by atoms with Crippen LogP contribution in [0.25, 0.3) is 0 Å². The van der Waals surface area contributed by atoms with Crippen LogP contribution in [0, 0.1) is 0 Å². The second kappa shape index (κ2) is 11.1. The van der Waals surface area contributed by atoms with Crippen LogP contribution in [0.1, 0.15) is 47.1 Å². The lowest BCUT2D eigenvalue weighted by Gasteiger charge is -2.20. The zero-order valence-corrected chi connectivity index (χ0v) is 20.5.